The van der Waals surface area contributed by atoms with Gasteiger partial charge in [-0.15, -0.1) is 0 Å². The average molecular weight is 630 g/mol. The summed E-state index contributed by atoms with van der Waals surface area (Å²) in [6.45, 7) is 14.3. The average Bonchev–Trinajstić information content (AvgIpc) is 3.47. The zero-order valence-electron chi connectivity index (χ0n) is 30.8. The summed E-state index contributed by atoms with van der Waals surface area (Å²) >= 11 is 0. The summed E-state index contributed by atoms with van der Waals surface area (Å²) in [7, 11) is -0.331. The second-order valence-corrected chi connectivity index (χ2v) is 15.6. The van der Waals surface area contributed by atoms with Crippen molar-refractivity contribution in [2.75, 3.05) is 0 Å². The van der Waals surface area contributed by atoms with Gasteiger partial charge in [-0.2, -0.15) is 0 Å². The fraction of sp³-hybridized carbons (Fsp3) is 0.714. The van der Waals surface area contributed by atoms with Gasteiger partial charge in [-0.1, -0.05) is 160 Å². The number of unbranched alkanes of at least 4 members (excludes halogenated alkanes) is 16. The first-order valence-corrected chi connectivity index (χ1v) is 19.6. The molecule has 3 aromatic rings. The monoisotopic (exact) mass is 630 g/mol. The van der Waals surface area contributed by atoms with Gasteiger partial charge in [0, 0.05) is 28.4 Å². The van der Waals surface area contributed by atoms with Gasteiger partial charge in [-0.05, 0) is 64.1 Å². The Labute approximate surface area is 283 Å². The predicted molar refractivity (Wildman–Crippen MR) is 202 cm³/mol. The van der Waals surface area contributed by atoms with E-state index >= 15 is 0 Å². The molecule has 0 aliphatic carbocycles. The van der Waals surface area contributed by atoms with E-state index in [0.29, 0.717) is 0 Å². The molecule has 0 saturated carbocycles. The molecular weight excluding hydrogens is 561 g/mol. The molecule has 46 heavy (non-hydrogen) atoms. The van der Waals surface area contributed by atoms with Crippen LogP contribution in [0, 0.1) is 5.92 Å². The Hall–Kier alpha value is -1.78. The third kappa shape index (κ3) is 10.4. The van der Waals surface area contributed by atoms with Gasteiger partial charge in [0.25, 0.3) is 0 Å². The van der Waals surface area contributed by atoms with Gasteiger partial charge in [-0.25, -0.2) is 0 Å². The van der Waals surface area contributed by atoms with E-state index in [1.165, 1.54) is 150 Å². The maximum Gasteiger partial charge on any atom is 0.494 e. The highest BCUT2D eigenvalue weighted by Crippen LogP contribution is 2.37. The lowest BCUT2D eigenvalue weighted by molar-refractivity contribution is 0.00578. The minimum Gasteiger partial charge on any atom is -0.399 e. The Kier molecular flexibility index (Phi) is 15.0. The minimum atomic E-state index is -0.335. The van der Waals surface area contributed by atoms with E-state index < -0.39 is 0 Å². The zero-order chi connectivity index (χ0) is 32.8. The molecule has 1 unspecified atom stereocenters. The van der Waals surface area contributed by atoms with Crippen LogP contribution in [0.5, 0.6) is 0 Å². The molecule has 256 valence electrons. The standard InChI is InChI=1S/C42H68BNO2/c1-7-9-11-13-15-17-18-20-22-24-28-35(27-23-21-19-16-14-12-10-8-2)34-44-39-30-26-25-29-37(39)38-33-36(31-32-40(38)44)43-45-41(3,4)42(5,6)46-43/h25-26,29-33,35H,7-24,27-28,34H2,1-6H3. The molecule has 4 rings (SSSR count). The van der Waals surface area contributed by atoms with Crippen molar-refractivity contribution in [2.45, 2.75) is 188 Å². The molecule has 0 amide bonds. The largest absolute Gasteiger partial charge is 0.494 e. The highest BCUT2D eigenvalue weighted by molar-refractivity contribution is 6.62. The number of hydrogen-bond acceptors (Lipinski definition) is 2. The van der Waals surface area contributed by atoms with Crippen LogP contribution >= 0.6 is 0 Å². The molecule has 4 heteroatoms. The Morgan fingerprint density at radius 2 is 1.02 bits per heavy atom. The van der Waals surface area contributed by atoms with Crippen LogP contribution in [0.3, 0.4) is 0 Å². The van der Waals surface area contributed by atoms with E-state index in [0.717, 1.165) is 17.9 Å². The number of benzene rings is 2. The lowest BCUT2D eigenvalue weighted by Crippen LogP contribution is -2.41. The molecule has 1 aliphatic heterocycles. The van der Waals surface area contributed by atoms with E-state index in [4.69, 9.17) is 9.31 Å². The second-order valence-electron chi connectivity index (χ2n) is 15.6. The minimum absolute atomic E-state index is 0.331. The van der Waals surface area contributed by atoms with Crippen molar-refractivity contribution in [3.8, 4) is 0 Å². The van der Waals surface area contributed by atoms with E-state index in [1.54, 1.807) is 0 Å². The molecule has 1 saturated heterocycles. The second kappa shape index (κ2) is 18.7. The number of para-hydroxylation sites is 1. The number of rotatable bonds is 23. The molecule has 3 nitrogen and oxygen atoms in total. The normalized spacial score (nSPS) is 16.6. The molecule has 1 atom stereocenters. The van der Waals surface area contributed by atoms with Crippen LogP contribution in [-0.2, 0) is 15.9 Å². The van der Waals surface area contributed by atoms with Gasteiger partial charge in [-0.3, -0.25) is 0 Å². The summed E-state index contributed by atoms with van der Waals surface area (Å²) in [5.41, 5.74) is 3.17. The highest BCUT2D eigenvalue weighted by Gasteiger charge is 2.51. The van der Waals surface area contributed by atoms with E-state index in [2.05, 4.69) is 88.6 Å². The number of fused-ring (bicyclic) bond motifs is 3. The van der Waals surface area contributed by atoms with Gasteiger partial charge in [0.2, 0.25) is 0 Å². The molecule has 0 spiro atoms. The summed E-state index contributed by atoms with van der Waals surface area (Å²) < 4.78 is 15.5. The summed E-state index contributed by atoms with van der Waals surface area (Å²) in [6, 6.07) is 16.0. The fourth-order valence-electron chi connectivity index (χ4n) is 7.47. The van der Waals surface area contributed by atoms with E-state index in [9.17, 15) is 0 Å². The highest BCUT2D eigenvalue weighted by atomic mass is 16.7. The van der Waals surface area contributed by atoms with Gasteiger partial charge < -0.3 is 13.9 Å². The van der Waals surface area contributed by atoms with Crippen LogP contribution in [-0.4, -0.2) is 22.9 Å². The van der Waals surface area contributed by atoms with Crippen molar-refractivity contribution >= 4 is 34.4 Å². The molecule has 1 aromatic heterocycles. The number of nitrogens with zero attached hydrogens (tertiary/aromatic N) is 1. The van der Waals surface area contributed by atoms with Crippen molar-refractivity contribution < 1.29 is 9.31 Å². The van der Waals surface area contributed by atoms with Crippen LogP contribution in [0.2, 0.25) is 0 Å². The maximum absolute atomic E-state index is 6.45. The smallest absolute Gasteiger partial charge is 0.399 e. The topological polar surface area (TPSA) is 23.4 Å². The molecule has 0 bridgehead atoms. The van der Waals surface area contributed by atoms with Crippen LogP contribution < -0.4 is 5.46 Å². The van der Waals surface area contributed by atoms with Crippen LogP contribution in [0.4, 0.5) is 0 Å². The molecule has 2 heterocycles. The third-order valence-electron chi connectivity index (χ3n) is 11.2. The van der Waals surface area contributed by atoms with Crippen molar-refractivity contribution in [3.05, 3.63) is 42.5 Å². The molecule has 0 N–H and O–H groups in total. The Balaban J connectivity index is 1.42. The summed E-state index contributed by atoms with van der Waals surface area (Å²) in [6.07, 6.45) is 28.0. The lowest BCUT2D eigenvalue weighted by atomic mass is 9.78. The molecule has 1 fully saturated rings. The quantitative estimate of drug-likeness (QED) is 0.0769. The zero-order valence-corrected chi connectivity index (χ0v) is 30.8. The van der Waals surface area contributed by atoms with Crippen molar-refractivity contribution in [2.24, 2.45) is 5.92 Å². The summed E-state index contributed by atoms with van der Waals surface area (Å²) in [4.78, 5) is 0. The summed E-state index contributed by atoms with van der Waals surface area (Å²) in [5, 5.41) is 2.67. The van der Waals surface area contributed by atoms with Crippen molar-refractivity contribution in [3.63, 3.8) is 0 Å². The summed E-state index contributed by atoms with van der Waals surface area (Å²) in [5.74, 6) is 0.732. The van der Waals surface area contributed by atoms with Gasteiger partial charge in [0.1, 0.15) is 0 Å². The molecular formula is C42H68BNO2. The SMILES string of the molecule is CCCCCCCCCCCCC(CCCCCCCCCC)Cn1c2ccccc2c2cc(B3OC(C)(C)C(C)(C)O3)ccc21. The molecule has 0 radical (unpaired) electrons. The fourth-order valence-corrected chi connectivity index (χ4v) is 7.47. The van der Waals surface area contributed by atoms with Gasteiger partial charge in [0.15, 0.2) is 0 Å². The maximum atomic E-state index is 6.45. The van der Waals surface area contributed by atoms with Crippen molar-refractivity contribution in [1.29, 1.82) is 0 Å². The van der Waals surface area contributed by atoms with Crippen LogP contribution in [0.1, 0.15) is 170 Å². The van der Waals surface area contributed by atoms with Crippen LogP contribution in [0.25, 0.3) is 21.8 Å². The van der Waals surface area contributed by atoms with Crippen LogP contribution in [0.15, 0.2) is 42.5 Å². The van der Waals surface area contributed by atoms with E-state index in [-0.39, 0.29) is 18.3 Å². The number of hydrogen-bond donors (Lipinski definition) is 0. The Morgan fingerprint density at radius 3 is 1.54 bits per heavy atom. The predicted octanol–water partition coefficient (Wildman–Crippen LogP) is 12.6. The first-order chi connectivity index (χ1) is 22.3. The first kappa shape index (κ1) is 37.1. The van der Waals surface area contributed by atoms with Gasteiger partial charge in [0.05, 0.1) is 11.2 Å². The van der Waals surface area contributed by atoms with Gasteiger partial charge >= 0.3 is 7.12 Å². The molecule has 1 aliphatic rings. The Bertz CT molecular complexity index is 1280. The first-order valence-electron chi connectivity index (χ1n) is 19.6. The third-order valence-corrected chi connectivity index (χ3v) is 11.2. The van der Waals surface area contributed by atoms with E-state index in [1.807, 2.05) is 0 Å². The lowest BCUT2D eigenvalue weighted by Gasteiger charge is -2.32. The Morgan fingerprint density at radius 1 is 0.565 bits per heavy atom. The molecule has 2 aromatic carbocycles. The van der Waals surface area contributed by atoms with Crippen molar-refractivity contribution in [1.82, 2.24) is 4.57 Å². The number of aromatic nitrogens is 1.